The molecule has 0 spiro atoms. The fourth-order valence-corrected chi connectivity index (χ4v) is 1.26. The second-order valence-electron chi connectivity index (χ2n) is 3.63. The summed E-state index contributed by atoms with van der Waals surface area (Å²) >= 11 is 5.48. The van der Waals surface area contributed by atoms with Crippen LogP contribution in [0.1, 0.15) is 29.7 Å². The fraction of sp³-hybridized carbons (Fsp3) is 0.545. The Morgan fingerprint density at radius 3 is 2.41 bits per heavy atom. The molecule has 0 aliphatic rings. The topological polar surface area (TPSA) is 61.3 Å². The van der Waals surface area contributed by atoms with E-state index in [2.05, 4.69) is 14.7 Å². The van der Waals surface area contributed by atoms with Crippen LogP contribution < -0.4 is 0 Å². The highest BCUT2D eigenvalue weighted by Gasteiger charge is 2.11. The van der Waals surface area contributed by atoms with E-state index in [9.17, 15) is 4.79 Å². The third-order valence-corrected chi connectivity index (χ3v) is 2.25. The molecule has 0 saturated heterocycles. The molecule has 0 amide bonds. The normalized spacial score (nSPS) is 12.1. The molecule has 94 valence electrons. The summed E-state index contributed by atoms with van der Waals surface area (Å²) in [4.78, 5) is 19.7. The van der Waals surface area contributed by atoms with Gasteiger partial charge in [0.1, 0.15) is 6.61 Å². The lowest BCUT2D eigenvalue weighted by Crippen LogP contribution is -2.13. The van der Waals surface area contributed by atoms with Gasteiger partial charge in [-0.3, -0.25) is 9.97 Å². The molecule has 1 aromatic heterocycles. The molecule has 17 heavy (non-hydrogen) atoms. The van der Waals surface area contributed by atoms with Crippen molar-refractivity contribution in [1.82, 2.24) is 9.97 Å². The second kappa shape index (κ2) is 5.82. The number of nitrogens with zero attached hydrogens (tertiary/aromatic N) is 2. The van der Waals surface area contributed by atoms with Crippen LogP contribution in [0.15, 0.2) is 0 Å². The van der Waals surface area contributed by atoms with Crippen molar-refractivity contribution in [3.05, 3.63) is 22.8 Å². The molecule has 0 aliphatic carbocycles. The molecule has 1 rings (SSSR count). The Kier molecular flexibility index (Phi) is 4.69. The average molecular weight is 259 g/mol. The van der Waals surface area contributed by atoms with Crippen LogP contribution in [0.5, 0.6) is 0 Å². The predicted octanol–water partition coefficient (Wildman–Crippen LogP) is 2.64. The third kappa shape index (κ3) is 4.19. The summed E-state index contributed by atoms with van der Waals surface area (Å²) in [5, 5.41) is 0. The van der Waals surface area contributed by atoms with Crippen LogP contribution in [-0.4, -0.2) is 21.7 Å². The number of alkyl halides is 1. The highest BCUT2D eigenvalue weighted by Crippen LogP contribution is 2.09. The van der Waals surface area contributed by atoms with Crippen molar-refractivity contribution in [1.29, 1.82) is 0 Å². The molecule has 1 atom stereocenters. The van der Waals surface area contributed by atoms with E-state index in [4.69, 9.17) is 16.3 Å². The second-order valence-corrected chi connectivity index (χ2v) is 4.24. The van der Waals surface area contributed by atoms with Crippen LogP contribution in [0.2, 0.25) is 0 Å². The van der Waals surface area contributed by atoms with E-state index in [0.717, 1.165) is 17.1 Å². The van der Waals surface area contributed by atoms with E-state index in [0.29, 0.717) is 5.69 Å². The minimum Gasteiger partial charge on any atom is -0.428 e. The average Bonchev–Trinajstić information content (AvgIpc) is 2.20. The van der Waals surface area contributed by atoms with E-state index in [1.54, 1.807) is 0 Å². The van der Waals surface area contributed by atoms with Crippen LogP contribution in [0.3, 0.4) is 0 Å². The summed E-state index contributed by atoms with van der Waals surface area (Å²) in [6.45, 7) is 7.10. The van der Waals surface area contributed by atoms with Crippen molar-refractivity contribution >= 4 is 17.8 Å². The Hall–Kier alpha value is -1.36. The fourth-order valence-electron chi connectivity index (χ4n) is 1.19. The lowest BCUT2D eigenvalue weighted by Gasteiger charge is -2.09. The van der Waals surface area contributed by atoms with Gasteiger partial charge in [0.15, 0.2) is 5.56 Å². The lowest BCUT2D eigenvalue weighted by molar-refractivity contribution is 0.0435. The van der Waals surface area contributed by atoms with Crippen LogP contribution in [-0.2, 0) is 16.1 Å². The molecule has 5 nitrogen and oxygen atoms in total. The van der Waals surface area contributed by atoms with Gasteiger partial charge in [-0.2, -0.15) is 0 Å². The number of halogens is 1. The number of carbonyl (C=O) groups is 1. The Labute approximate surface area is 105 Å². The summed E-state index contributed by atoms with van der Waals surface area (Å²) in [5.41, 5.74) is 2.32. The number of carbonyl (C=O) groups excluding carboxylic acids is 1. The zero-order chi connectivity index (χ0) is 13.0. The van der Waals surface area contributed by atoms with E-state index in [-0.39, 0.29) is 6.61 Å². The Morgan fingerprint density at radius 1 is 1.24 bits per heavy atom. The molecule has 0 fully saturated rings. The first kappa shape index (κ1) is 13.7. The number of ether oxygens (including phenoxy) is 2. The van der Waals surface area contributed by atoms with Crippen LogP contribution in [0.25, 0.3) is 0 Å². The quantitative estimate of drug-likeness (QED) is 0.616. The molecule has 0 radical (unpaired) electrons. The van der Waals surface area contributed by atoms with Gasteiger partial charge >= 0.3 is 6.16 Å². The first-order valence-electron chi connectivity index (χ1n) is 5.18. The molecule has 1 aromatic rings. The number of aromatic nitrogens is 2. The molecule has 0 saturated carbocycles. The van der Waals surface area contributed by atoms with Crippen molar-refractivity contribution in [3.8, 4) is 0 Å². The van der Waals surface area contributed by atoms with Gasteiger partial charge < -0.3 is 9.47 Å². The van der Waals surface area contributed by atoms with Crippen molar-refractivity contribution in [2.24, 2.45) is 0 Å². The SMILES string of the molecule is Cc1nc(C)c(COC(=O)OC(C)Cl)nc1C. The van der Waals surface area contributed by atoms with Gasteiger partial charge in [0, 0.05) is 0 Å². The molecular formula is C11H15ClN2O3. The third-order valence-electron chi connectivity index (χ3n) is 2.16. The van der Waals surface area contributed by atoms with Gasteiger partial charge in [0.25, 0.3) is 0 Å². The Bertz CT molecular complexity index is 421. The molecule has 1 heterocycles. The molecule has 1 unspecified atom stereocenters. The van der Waals surface area contributed by atoms with E-state index >= 15 is 0 Å². The first-order chi connectivity index (χ1) is 7.90. The Balaban J connectivity index is 2.63. The van der Waals surface area contributed by atoms with Crippen LogP contribution >= 0.6 is 11.6 Å². The highest BCUT2D eigenvalue weighted by atomic mass is 35.5. The summed E-state index contributed by atoms with van der Waals surface area (Å²) < 4.78 is 9.49. The molecule has 0 aromatic carbocycles. The summed E-state index contributed by atoms with van der Waals surface area (Å²) in [5.74, 6) is 0. The minimum atomic E-state index is -0.813. The smallest absolute Gasteiger partial charge is 0.428 e. The van der Waals surface area contributed by atoms with Gasteiger partial charge in [0.2, 0.25) is 0 Å². The van der Waals surface area contributed by atoms with Gasteiger partial charge in [0.05, 0.1) is 22.8 Å². The molecular weight excluding hydrogens is 244 g/mol. The van der Waals surface area contributed by atoms with Crippen molar-refractivity contribution in [2.75, 3.05) is 0 Å². The number of aryl methyl sites for hydroxylation is 3. The van der Waals surface area contributed by atoms with Crippen molar-refractivity contribution < 1.29 is 14.3 Å². The van der Waals surface area contributed by atoms with E-state index in [1.807, 2.05) is 20.8 Å². The first-order valence-corrected chi connectivity index (χ1v) is 5.62. The van der Waals surface area contributed by atoms with Gasteiger partial charge in [-0.05, 0) is 27.7 Å². The predicted molar refractivity (Wildman–Crippen MR) is 62.8 cm³/mol. The maximum absolute atomic E-state index is 11.1. The molecule has 0 aliphatic heterocycles. The van der Waals surface area contributed by atoms with Crippen molar-refractivity contribution in [2.45, 2.75) is 39.9 Å². The van der Waals surface area contributed by atoms with Crippen LogP contribution in [0, 0.1) is 20.8 Å². The summed E-state index contributed by atoms with van der Waals surface area (Å²) in [6.07, 6.45) is -0.813. The Morgan fingerprint density at radius 2 is 1.82 bits per heavy atom. The zero-order valence-corrected chi connectivity index (χ0v) is 11.0. The van der Waals surface area contributed by atoms with Gasteiger partial charge in [-0.1, -0.05) is 11.6 Å². The number of hydrogen-bond acceptors (Lipinski definition) is 5. The maximum Gasteiger partial charge on any atom is 0.510 e. The number of rotatable bonds is 3. The standard InChI is InChI=1S/C11H15ClN2O3/c1-6-7(2)14-10(8(3)13-6)5-16-11(15)17-9(4)12/h9H,5H2,1-4H3. The van der Waals surface area contributed by atoms with E-state index < -0.39 is 11.7 Å². The number of hydrogen-bond donors (Lipinski definition) is 0. The molecule has 0 N–H and O–H groups in total. The van der Waals surface area contributed by atoms with E-state index in [1.165, 1.54) is 6.92 Å². The van der Waals surface area contributed by atoms with Gasteiger partial charge in [-0.15, -0.1) is 0 Å². The minimum absolute atomic E-state index is 0.0302. The monoisotopic (exact) mass is 258 g/mol. The molecule has 6 heteroatoms. The van der Waals surface area contributed by atoms with Gasteiger partial charge in [-0.25, -0.2) is 4.79 Å². The molecule has 0 bridgehead atoms. The van der Waals surface area contributed by atoms with Crippen LogP contribution in [0.4, 0.5) is 4.79 Å². The summed E-state index contributed by atoms with van der Waals surface area (Å²) in [6, 6.07) is 0. The summed E-state index contributed by atoms with van der Waals surface area (Å²) in [7, 11) is 0. The maximum atomic E-state index is 11.1. The largest absolute Gasteiger partial charge is 0.510 e. The zero-order valence-electron chi connectivity index (χ0n) is 10.3. The highest BCUT2D eigenvalue weighted by molar-refractivity contribution is 6.19. The van der Waals surface area contributed by atoms with Crippen molar-refractivity contribution in [3.63, 3.8) is 0 Å². The lowest BCUT2D eigenvalue weighted by atomic mass is 10.3.